The van der Waals surface area contributed by atoms with Crippen LogP contribution in [0.15, 0.2) is 35.8 Å². The summed E-state index contributed by atoms with van der Waals surface area (Å²) in [6.07, 6.45) is 6.26. The van der Waals surface area contributed by atoms with E-state index < -0.39 is 0 Å². The molecule has 0 saturated carbocycles. The van der Waals surface area contributed by atoms with Crippen LogP contribution in [0.5, 0.6) is 46.0 Å². The van der Waals surface area contributed by atoms with Gasteiger partial charge < -0.3 is 37.9 Å². The van der Waals surface area contributed by atoms with Gasteiger partial charge in [0.15, 0.2) is 46.0 Å². The molecule has 0 unspecified atom stereocenters. The van der Waals surface area contributed by atoms with Gasteiger partial charge in [-0.25, -0.2) is 0 Å². The standard InChI is InChI=1S/C48H56Br8O8/c1-9-17-57-41-33(49)25-26(34(50)42(41)58-18-10-2)28-30(38(54)46(62-22-14-6)44(36(28)52)60-20-12-4)32-31(39(55)47(63-23-15-7)48(40(32)56)64-24-16-8)29-27(25)35(51)43(59-19-11-3)45(37(29)53)61-21-13-5/h9-24H2,1-8H3. The summed E-state index contributed by atoms with van der Waals surface area (Å²) in [5, 5.41) is 0. The van der Waals surface area contributed by atoms with Gasteiger partial charge in [-0.2, -0.15) is 0 Å². The summed E-state index contributed by atoms with van der Waals surface area (Å²) in [7, 11) is 0. The van der Waals surface area contributed by atoms with Gasteiger partial charge in [-0.15, -0.1) is 0 Å². The second-order valence-corrected chi connectivity index (χ2v) is 21.3. The van der Waals surface area contributed by atoms with E-state index in [9.17, 15) is 0 Å². The molecule has 1 aliphatic rings. The highest BCUT2D eigenvalue weighted by atomic mass is 79.9. The largest absolute Gasteiger partial charge is 0.488 e. The van der Waals surface area contributed by atoms with E-state index in [0.29, 0.717) is 135 Å². The fourth-order valence-corrected chi connectivity index (χ4v) is 12.7. The van der Waals surface area contributed by atoms with Crippen LogP contribution in [0.25, 0.3) is 44.5 Å². The highest BCUT2D eigenvalue weighted by Crippen LogP contribution is 2.69. The lowest BCUT2D eigenvalue weighted by Gasteiger charge is -2.33. The Balaban J connectivity index is 2.29. The van der Waals surface area contributed by atoms with Crippen molar-refractivity contribution in [1.29, 1.82) is 0 Å². The van der Waals surface area contributed by atoms with Crippen LogP contribution in [0.2, 0.25) is 0 Å². The Kier molecular flexibility index (Phi) is 21.7. The van der Waals surface area contributed by atoms with E-state index >= 15 is 0 Å². The van der Waals surface area contributed by atoms with Crippen LogP contribution in [0, 0.1) is 0 Å². The van der Waals surface area contributed by atoms with Crippen LogP contribution in [0.3, 0.4) is 0 Å². The van der Waals surface area contributed by atoms with E-state index in [1.165, 1.54) is 0 Å². The fraction of sp³-hybridized carbons (Fsp3) is 0.500. The Morgan fingerprint density at radius 3 is 0.375 bits per heavy atom. The first-order valence-electron chi connectivity index (χ1n) is 22.1. The average Bonchev–Trinajstić information content (AvgIpc) is 3.27. The van der Waals surface area contributed by atoms with Gasteiger partial charge in [0.25, 0.3) is 0 Å². The van der Waals surface area contributed by atoms with Gasteiger partial charge >= 0.3 is 0 Å². The van der Waals surface area contributed by atoms with E-state index in [1.54, 1.807) is 0 Å². The van der Waals surface area contributed by atoms with Gasteiger partial charge in [-0.1, -0.05) is 55.4 Å². The molecule has 0 saturated heterocycles. The van der Waals surface area contributed by atoms with Crippen molar-refractivity contribution in [3.8, 4) is 90.5 Å². The zero-order valence-corrected chi connectivity index (χ0v) is 50.3. The monoisotopic (exact) mass is 1390 g/mol. The molecule has 4 aromatic rings. The number of rotatable bonds is 24. The Morgan fingerprint density at radius 1 is 0.203 bits per heavy atom. The van der Waals surface area contributed by atoms with Gasteiger partial charge in [-0.05, 0) is 179 Å². The quantitative estimate of drug-likeness (QED) is 0.0605. The minimum Gasteiger partial charge on any atom is -0.488 e. The zero-order valence-electron chi connectivity index (χ0n) is 37.6. The lowest BCUT2D eigenvalue weighted by molar-refractivity contribution is 0.265. The molecule has 0 amide bonds. The molecule has 0 N–H and O–H groups in total. The smallest absolute Gasteiger partial charge is 0.177 e. The molecule has 64 heavy (non-hydrogen) atoms. The molecule has 0 heterocycles. The molecule has 1 aliphatic carbocycles. The summed E-state index contributed by atoms with van der Waals surface area (Å²) < 4.78 is 59.0. The molecule has 5 rings (SSSR count). The molecule has 0 spiro atoms. The third-order valence-corrected chi connectivity index (χ3v) is 15.8. The molecule has 0 fully saturated rings. The average molecular weight is 1400 g/mol. The first-order valence-corrected chi connectivity index (χ1v) is 28.5. The minimum atomic E-state index is 0.456. The van der Waals surface area contributed by atoms with Crippen molar-refractivity contribution in [3.05, 3.63) is 35.8 Å². The summed E-state index contributed by atoms with van der Waals surface area (Å²) in [4.78, 5) is 0. The first-order chi connectivity index (χ1) is 30.9. The van der Waals surface area contributed by atoms with Crippen LogP contribution >= 0.6 is 127 Å². The van der Waals surface area contributed by atoms with Crippen molar-refractivity contribution in [1.82, 2.24) is 0 Å². The number of benzene rings is 4. The molecule has 352 valence electrons. The van der Waals surface area contributed by atoms with Gasteiger partial charge in [0.2, 0.25) is 0 Å². The van der Waals surface area contributed by atoms with Crippen LogP contribution in [0.4, 0.5) is 0 Å². The van der Waals surface area contributed by atoms with E-state index in [0.717, 1.165) is 95.9 Å². The summed E-state index contributed by atoms with van der Waals surface area (Å²) in [6, 6.07) is 0. The SMILES string of the molecule is CCCOc1c(Br)c2c(c(Br)c1OCCC)-c1c(Br)c(OCCC)c(OCCC)c(Br)c1-c1c(Br)c(OCCC)c(OCCC)c(Br)c1-c1c(Br)c(OCCC)c(OCCC)c(Br)c1-2. The Bertz CT molecular complexity index is 1800. The summed E-state index contributed by atoms with van der Waals surface area (Å²) >= 11 is 33.5. The Morgan fingerprint density at radius 2 is 0.297 bits per heavy atom. The number of hydrogen-bond donors (Lipinski definition) is 0. The van der Waals surface area contributed by atoms with Gasteiger partial charge in [0.05, 0.1) is 88.6 Å². The zero-order chi connectivity index (χ0) is 46.8. The normalized spacial score (nSPS) is 11.5. The Labute approximate surface area is 446 Å². The molecule has 4 aromatic carbocycles. The number of hydrogen-bond acceptors (Lipinski definition) is 8. The maximum absolute atomic E-state index is 6.70. The molecular formula is C48H56Br8O8. The van der Waals surface area contributed by atoms with E-state index in [2.05, 4.69) is 183 Å². The highest BCUT2D eigenvalue weighted by molar-refractivity contribution is 9.12. The van der Waals surface area contributed by atoms with Gasteiger partial charge in [-0.3, -0.25) is 0 Å². The molecule has 0 radical (unpaired) electrons. The van der Waals surface area contributed by atoms with Gasteiger partial charge in [0, 0.05) is 44.5 Å². The van der Waals surface area contributed by atoms with Crippen molar-refractivity contribution >= 4 is 127 Å². The minimum absolute atomic E-state index is 0.456. The lowest BCUT2D eigenvalue weighted by atomic mass is 9.79. The molecule has 0 aliphatic heterocycles. The maximum atomic E-state index is 6.70. The number of ether oxygens (including phenoxy) is 8. The second-order valence-electron chi connectivity index (χ2n) is 14.9. The van der Waals surface area contributed by atoms with Crippen LogP contribution in [-0.2, 0) is 0 Å². The van der Waals surface area contributed by atoms with Crippen molar-refractivity contribution in [2.24, 2.45) is 0 Å². The van der Waals surface area contributed by atoms with Crippen LogP contribution in [0.1, 0.15) is 107 Å². The van der Waals surface area contributed by atoms with Crippen molar-refractivity contribution in [2.45, 2.75) is 107 Å². The summed E-state index contributed by atoms with van der Waals surface area (Å²) in [5.41, 5.74) is 6.34. The predicted octanol–water partition coefficient (Wildman–Crippen LogP) is 19.1. The fourth-order valence-electron chi connectivity index (χ4n) is 7.13. The lowest BCUT2D eigenvalue weighted by Crippen LogP contribution is -2.12. The van der Waals surface area contributed by atoms with Crippen molar-refractivity contribution in [2.75, 3.05) is 52.9 Å². The maximum Gasteiger partial charge on any atom is 0.177 e. The summed E-state index contributed by atoms with van der Waals surface area (Å²) in [6.45, 7) is 20.4. The number of fused-ring (bicyclic) bond motifs is 8. The molecular weight excluding hydrogens is 1340 g/mol. The van der Waals surface area contributed by atoms with E-state index in [-0.39, 0.29) is 0 Å². The van der Waals surface area contributed by atoms with Crippen molar-refractivity contribution < 1.29 is 37.9 Å². The highest BCUT2D eigenvalue weighted by Gasteiger charge is 2.42. The third kappa shape index (κ3) is 10.8. The molecule has 16 heteroatoms. The number of halogens is 8. The van der Waals surface area contributed by atoms with Crippen LogP contribution in [-0.4, -0.2) is 52.9 Å². The third-order valence-electron chi connectivity index (χ3n) is 9.78. The molecule has 8 nitrogen and oxygen atoms in total. The molecule has 0 bridgehead atoms. The molecule has 0 aromatic heterocycles. The first kappa shape index (κ1) is 54.1. The topological polar surface area (TPSA) is 73.8 Å². The summed E-state index contributed by atoms with van der Waals surface area (Å²) in [5.74, 6) is 4.52. The molecule has 0 atom stereocenters. The van der Waals surface area contributed by atoms with Crippen molar-refractivity contribution in [3.63, 3.8) is 0 Å². The second kappa shape index (κ2) is 25.6. The van der Waals surface area contributed by atoms with Gasteiger partial charge in [0.1, 0.15) is 0 Å². The van der Waals surface area contributed by atoms with E-state index in [1.807, 2.05) is 0 Å². The predicted molar refractivity (Wildman–Crippen MR) is 290 cm³/mol. The Hall–Kier alpha value is -0.880. The van der Waals surface area contributed by atoms with Crippen LogP contribution < -0.4 is 37.9 Å². The van der Waals surface area contributed by atoms with E-state index in [4.69, 9.17) is 37.9 Å².